The molecule has 0 bridgehead atoms. The summed E-state index contributed by atoms with van der Waals surface area (Å²) in [4.78, 5) is 19.7. The SMILES string of the molecule is CC=C(C)C(=O)O.CC=C(C)C(=O)O.OCCO. The standard InChI is InChI=1S/2C5H8O2.C2H6O2/c2*1-3-4(2)5(6)7;3-1-2-4/h2*3H,1-2H3,(H,6,7);3-4H,1-2H2. The summed E-state index contributed by atoms with van der Waals surface area (Å²) >= 11 is 0. The van der Waals surface area contributed by atoms with Crippen molar-refractivity contribution in [2.24, 2.45) is 0 Å². The molecule has 0 aliphatic heterocycles. The Morgan fingerprint density at radius 1 is 0.833 bits per heavy atom. The first-order valence-electron chi connectivity index (χ1n) is 5.22. The van der Waals surface area contributed by atoms with Gasteiger partial charge < -0.3 is 20.4 Å². The van der Waals surface area contributed by atoms with Crippen molar-refractivity contribution in [2.75, 3.05) is 13.2 Å². The third kappa shape index (κ3) is 19.8. The fourth-order valence-corrected chi connectivity index (χ4v) is 0.247. The van der Waals surface area contributed by atoms with Crippen LogP contribution in [-0.2, 0) is 9.59 Å². The smallest absolute Gasteiger partial charge is 0.330 e. The molecule has 0 aromatic rings. The van der Waals surface area contributed by atoms with Crippen molar-refractivity contribution in [2.45, 2.75) is 27.7 Å². The van der Waals surface area contributed by atoms with Crippen LogP contribution in [0.3, 0.4) is 0 Å². The molecule has 0 amide bonds. The minimum Gasteiger partial charge on any atom is -0.478 e. The second kappa shape index (κ2) is 15.3. The van der Waals surface area contributed by atoms with Crippen LogP contribution < -0.4 is 0 Å². The van der Waals surface area contributed by atoms with E-state index in [-0.39, 0.29) is 13.2 Å². The van der Waals surface area contributed by atoms with Crippen molar-refractivity contribution in [1.29, 1.82) is 0 Å². The van der Waals surface area contributed by atoms with Gasteiger partial charge in [-0.25, -0.2) is 9.59 Å². The molecule has 0 aliphatic rings. The third-order valence-corrected chi connectivity index (χ3v) is 1.64. The van der Waals surface area contributed by atoms with E-state index in [0.29, 0.717) is 11.1 Å². The maximum absolute atomic E-state index is 9.86. The monoisotopic (exact) mass is 262 g/mol. The lowest BCUT2D eigenvalue weighted by atomic mass is 10.3. The zero-order valence-corrected chi connectivity index (χ0v) is 11.2. The number of aliphatic hydroxyl groups excluding tert-OH is 2. The molecule has 18 heavy (non-hydrogen) atoms. The zero-order chi connectivity index (χ0) is 15.1. The van der Waals surface area contributed by atoms with Crippen LogP contribution in [0.15, 0.2) is 23.3 Å². The minimum atomic E-state index is -0.845. The van der Waals surface area contributed by atoms with Gasteiger partial charge in [0.25, 0.3) is 0 Å². The van der Waals surface area contributed by atoms with Gasteiger partial charge in [0.1, 0.15) is 0 Å². The molecule has 0 radical (unpaired) electrons. The first-order valence-corrected chi connectivity index (χ1v) is 5.22. The number of rotatable bonds is 3. The van der Waals surface area contributed by atoms with E-state index in [2.05, 4.69) is 0 Å². The first kappa shape index (κ1) is 21.6. The summed E-state index contributed by atoms with van der Waals surface area (Å²) in [5.41, 5.74) is 0.778. The van der Waals surface area contributed by atoms with Crippen LogP contribution in [0.5, 0.6) is 0 Å². The van der Waals surface area contributed by atoms with E-state index in [9.17, 15) is 9.59 Å². The molecule has 0 aromatic heterocycles. The van der Waals surface area contributed by atoms with Gasteiger partial charge in [0.2, 0.25) is 0 Å². The number of allylic oxidation sites excluding steroid dienone is 2. The van der Waals surface area contributed by atoms with Crippen LogP contribution >= 0.6 is 0 Å². The quantitative estimate of drug-likeness (QED) is 0.565. The van der Waals surface area contributed by atoms with E-state index in [0.717, 1.165) is 0 Å². The predicted molar refractivity (Wildman–Crippen MR) is 68.3 cm³/mol. The van der Waals surface area contributed by atoms with E-state index in [1.165, 1.54) is 0 Å². The Kier molecular flexibility index (Phi) is 18.4. The summed E-state index contributed by atoms with van der Waals surface area (Å²) in [5, 5.41) is 31.5. The molecule has 0 unspecified atom stereocenters. The van der Waals surface area contributed by atoms with Gasteiger partial charge in [0.15, 0.2) is 0 Å². The number of aliphatic hydroxyl groups is 2. The summed E-state index contributed by atoms with van der Waals surface area (Å²) in [6.45, 7) is 6.26. The summed E-state index contributed by atoms with van der Waals surface area (Å²) in [5.74, 6) is -1.69. The minimum absolute atomic E-state index is 0.125. The van der Waals surface area contributed by atoms with Gasteiger partial charge in [-0.3, -0.25) is 0 Å². The first-order chi connectivity index (χ1) is 8.28. The molecule has 0 aromatic carbocycles. The Morgan fingerprint density at radius 3 is 1.06 bits per heavy atom. The molecule has 6 nitrogen and oxygen atoms in total. The number of aliphatic carboxylic acids is 2. The summed E-state index contributed by atoms with van der Waals surface area (Å²) in [7, 11) is 0. The van der Waals surface area contributed by atoms with Crippen molar-refractivity contribution in [3.63, 3.8) is 0 Å². The maximum Gasteiger partial charge on any atom is 0.330 e. The normalized spacial score (nSPS) is 10.6. The largest absolute Gasteiger partial charge is 0.478 e. The van der Waals surface area contributed by atoms with Crippen molar-refractivity contribution in [1.82, 2.24) is 0 Å². The molecular formula is C12H22O6. The van der Waals surface area contributed by atoms with Crippen molar-refractivity contribution in [3.8, 4) is 0 Å². The van der Waals surface area contributed by atoms with Crippen LogP contribution in [0.25, 0.3) is 0 Å². The Bertz CT molecular complexity index is 261. The Balaban J connectivity index is -0.000000196. The number of hydrogen-bond donors (Lipinski definition) is 4. The maximum atomic E-state index is 9.86. The van der Waals surface area contributed by atoms with E-state index in [4.69, 9.17) is 20.4 Å². The molecule has 4 N–H and O–H groups in total. The van der Waals surface area contributed by atoms with Crippen LogP contribution in [0.1, 0.15) is 27.7 Å². The van der Waals surface area contributed by atoms with Gasteiger partial charge in [-0.2, -0.15) is 0 Å². The molecular weight excluding hydrogens is 240 g/mol. The van der Waals surface area contributed by atoms with Crippen molar-refractivity contribution in [3.05, 3.63) is 23.3 Å². The van der Waals surface area contributed by atoms with E-state index in [1.807, 2.05) is 0 Å². The highest BCUT2D eigenvalue weighted by Gasteiger charge is 1.93. The van der Waals surface area contributed by atoms with E-state index >= 15 is 0 Å². The fraction of sp³-hybridized carbons (Fsp3) is 0.500. The molecule has 0 spiro atoms. The van der Waals surface area contributed by atoms with E-state index in [1.54, 1.807) is 39.8 Å². The third-order valence-electron chi connectivity index (χ3n) is 1.64. The Morgan fingerprint density at radius 2 is 1.06 bits per heavy atom. The summed E-state index contributed by atoms with van der Waals surface area (Å²) in [6, 6.07) is 0. The molecule has 0 saturated heterocycles. The number of hydrogen-bond acceptors (Lipinski definition) is 4. The van der Waals surface area contributed by atoms with Crippen LogP contribution in [0, 0.1) is 0 Å². The summed E-state index contributed by atoms with van der Waals surface area (Å²) < 4.78 is 0. The molecule has 106 valence electrons. The Labute approximate surface area is 107 Å². The van der Waals surface area contributed by atoms with Crippen molar-refractivity contribution < 1.29 is 30.0 Å². The molecule has 0 atom stereocenters. The zero-order valence-electron chi connectivity index (χ0n) is 11.2. The molecule has 0 aliphatic carbocycles. The predicted octanol–water partition coefficient (Wildman–Crippen LogP) is 1.05. The second-order valence-electron chi connectivity index (χ2n) is 3.00. The van der Waals surface area contributed by atoms with Crippen LogP contribution in [-0.4, -0.2) is 45.6 Å². The van der Waals surface area contributed by atoms with E-state index < -0.39 is 11.9 Å². The lowest BCUT2D eigenvalue weighted by Gasteiger charge is -1.84. The molecule has 0 heterocycles. The van der Waals surface area contributed by atoms with Gasteiger partial charge in [-0.05, 0) is 27.7 Å². The topological polar surface area (TPSA) is 115 Å². The van der Waals surface area contributed by atoms with Crippen molar-refractivity contribution >= 4 is 11.9 Å². The van der Waals surface area contributed by atoms with Gasteiger partial charge in [0.05, 0.1) is 13.2 Å². The highest BCUT2D eigenvalue weighted by molar-refractivity contribution is 5.85. The number of carbonyl (C=O) groups is 2. The lowest BCUT2D eigenvalue weighted by Crippen LogP contribution is -1.93. The Hall–Kier alpha value is -1.66. The lowest BCUT2D eigenvalue weighted by molar-refractivity contribution is -0.133. The van der Waals surface area contributed by atoms with Gasteiger partial charge in [-0.1, -0.05) is 12.2 Å². The highest BCUT2D eigenvalue weighted by atomic mass is 16.4. The van der Waals surface area contributed by atoms with Crippen LogP contribution in [0.2, 0.25) is 0 Å². The van der Waals surface area contributed by atoms with Gasteiger partial charge in [0, 0.05) is 11.1 Å². The molecule has 0 rings (SSSR count). The average molecular weight is 262 g/mol. The van der Waals surface area contributed by atoms with Crippen LogP contribution in [0.4, 0.5) is 0 Å². The molecule has 0 saturated carbocycles. The summed E-state index contributed by atoms with van der Waals surface area (Å²) in [6.07, 6.45) is 3.12. The van der Waals surface area contributed by atoms with Gasteiger partial charge in [-0.15, -0.1) is 0 Å². The molecule has 6 heteroatoms. The highest BCUT2D eigenvalue weighted by Crippen LogP contribution is 1.88. The average Bonchev–Trinajstić information content (AvgIpc) is 2.37. The molecule has 0 fully saturated rings. The number of carboxylic acids is 2. The fourth-order valence-electron chi connectivity index (χ4n) is 0.247. The van der Waals surface area contributed by atoms with Gasteiger partial charge >= 0.3 is 11.9 Å². The second-order valence-corrected chi connectivity index (χ2v) is 3.00. The number of carboxylic acid groups (broad SMARTS) is 2.